The molecular weight excluding hydrogens is 288 g/mol. The Morgan fingerprint density at radius 3 is 2.57 bits per heavy atom. The van der Waals surface area contributed by atoms with Crippen LogP contribution in [0.3, 0.4) is 0 Å². The van der Waals surface area contributed by atoms with E-state index in [1.807, 2.05) is 17.1 Å². The van der Waals surface area contributed by atoms with E-state index >= 15 is 0 Å². The largest absolute Gasteiger partial charge is 0.345 e. The van der Waals surface area contributed by atoms with Crippen LogP contribution >= 0.6 is 0 Å². The number of nitrogens with zero attached hydrogens (tertiary/aromatic N) is 2. The van der Waals surface area contributed by atoms with Crippen molar-refractivity contribution >= 4 is 0 Å². The van der Waals surface area contributed by atoms with Crippen molar-refractivity contribution in [2.24, 2.45) is 0 Å². The van der Waals surface area contributed by atoms with Gasteiger partial charge in [0.2, 0.25) is 0 Å². The summed E-state index contributed by atoms with van der Waals surface area (Å²) in [5.74, 6) is -0.552. The Hall–Kier alpha value is -1.65. The SMILES string of the molecule is Cc1cc(C)c(CCC2(Cn3ccnc3)OCC(C)O2)c(C)c1. The van der Waals surface area contributed by atoms with Gasteiger partial charge in [0.25, 0.3) is 0 Å². The molecule has 4 heteroatoms. The molecule has 0 amide bonds. The van der Waals surface area contributed by atoms with Crippen LogP contribution in [0.1, 0.15) is 35.6 Å². The van der Waals surface area contributed by atoms with Crippen LogP contribution in [-0.4, -0.2) is 28.0 Å². The van der Waals surface area contributed by atoms with Crippen LogP contribution in [0, 0.1) is 20.8 Å². The highest BCUT2D eigenvalue weighted by Gasteiger charge is 2.40. The number of rotatable bonds is 5. The van der Waals surface area contributed by atoms with Gasteiger partial charge in [0.1, 0.15) is 0 Å². The molecule has 4 nitrogen and oxygen atoms in total. The van der Waals surface area contributed by atoms with Gasteiger partial charge >= 0.3 is 0 Å². The number of ether oxygens (including phenoxy) is 2. The Kier molecular flexibility index (Phi) is 4.55. The van der Waals surface area contributed by atoms with Crippen LogP contribution in [0.5, 0.6) is 0 Å². The average molecular weight is 314 g/mol. The van der Waals surface area contributed by atoms with Crippen molar-refractivity contribution in [3.63, 3.8) is 0 Å². The predicted octanol–water partition coefficient (Wildman–Crippen LogP) is 3.57. The summed E-state index contributed by atoms with van der Waals surface area (Å²) < 4.78 is 14.3. The molecule has 23 heavy (non-hydrogen) atoms. The summed E-state index contributed by atoms with van der Waals surface area (Å²) in [6.45, 7) is 9.93. The van der Waals surface area contributed by atoms with E-state index in [9.17, 15) is 0 Å². The second-order valence-electron chi connectivity index (χ2n) is 6.76. The number of imidazole rings is 1. The maximum atomic E-state index is 6.18. The van der Waals surface area contributed by atoms with Crippen molar-refractivity contribution in [1.29, 1.82) is 0 Å². The van der Waals surface area contributed by atoms with Gasteiger partial charge in [0, 0.05) is 18.8 Å². The molecule has 0 bridgehead atoms. The van der Waals surface area contributed by atoms with E-state index in [-0.39, 0.29) is 6.10 Å². The van der Waals surface area contributed by atoms with E-state index in [1.165, 1.54) is 22.3 Å². The number of benzene rings is 1. The zero-order valence-electron chi connectivity index (χ0n) is 14.5. The van der Waals surface area contributed by atoms with Crippen molar-refractivity contribution < 1.29 is 9.47 Å². The molecule has 124 valence electrons. The van der Waals surface area contributed by atoms with E-state index < -0.39 is 5.79 Å². The molecule has 1 aliphatic rings. The van der Waals surface area contributed by atoms with E-state index in [2.05, 4.69) is 44.8 Å². The first-order valence-electron chi connectivity index (χ1n) is 8.32. The Morgan fingerprint density at radius 2 is 2.00 bits per heavy atom. The summed E-state index contributed by atoms with van der Waals surface area (Å²) in [6, 6.07) is 4.51. The third-order valence-electron chi connectivity index (χ3n) is 4.58. The maximum absolute atomic E-state index is 6.18. The first-order chi connectivity index (χ1) is 11.0. The minimum absolute atomic E-state index is 0.138. The van der Waals surface area contributed by atoms with Gasteiger partial charge in [-0.25, -0.2) is 4.98 Å². The second kappa shape index (κ2) is 6.46. The zero-order valence-corrected chi connectivity index (χ0v) is 14.5. The molecule has 0 saturated carbocycles. The quantitative estimate of drug-likeness (QED) is 0.846. The highest BCUT2D eigenvalue weighted by Crippen LogP contribution is 2.31. The molecule has 2 heterocycles. The van der Waals surface area contributed by atoms with Gasteiger partial charge in [0.15, 0.2) is 5.79 Å². The molecule has 3 rings (SSSR count). The van der Waals surface area contributed by atoms with Gasteiger partial charge in [-0.2, -0.15) is 0 Å². The van der Waals surface area contributed by atoms with Crippen LogP contribution in [0.4, 0.5) is 0 Å². The predicted molar refractivity (Wildman–Crippen MR) is 90.4 cm³/mol. The minimum Gasteiger partial charge on any atom is -0.345 e. The van der Waals surface area contributed by atoms with Crippen molar-refractivity contribution in [1.82, 2.24) is 9.55 Å². The molecule has 1 aromatic heterocycles. The molecule has 2 aromatic rings. The van der Waals surface area contributed by atoms with Gasteiger partial charge in [-0.15, -0.1) is 0 Å². The fraction of sp³-hybridized carbons (Fsp3) is 0.526. The normalized spacial score (nSPS) is 24.3. The molecule has 1 fully saturated rings. The highest BCUT2D eigenvalue weighted by molar-refractivity contribution is 5.37. The number of hydrogen-bond acceptors (Lipinski definition) is 3. The van der Waals surface area contributed by atoms with Gasteiger partial charge in [-0.05, 0) is 50.8 Å². The Bertz CT molecular complexity index is 643. The molecule has 1 saturated heterocycles. The summed E-state index contributed by atoms with van der Waals surface area (Å²) in [7, 11) is 0. The zero-order chi connectivity index (χ0) is 16.4. The smallest absolute Gasteiger partial charge is 0.187 e. The summed E-state index contributed by atoms with van der Waals surface area (Å²) >= 11 is 0. The molecule has 2 atom stereocenters. The molecule has 0 spiro atoms. The van der Waals surface area contributed by atoms with Crippen LogP contribution in [0.2, 0.25) is 0 Å². The Morgan fingerprint density at radius 1 is 1.26 bits per heavy atom. The fourth-order valence-corrected chi connectivity index (χ4v) is 3.58. The lowest BCUT2D eigenvalue weighted by atomic mass is 9.94. The van der Waals surface area contributed by atoms with Crippen LogP contribution in [-0.2, 0) is 22.4 Å². The Balaban J connectivity index is 1.77. The van der Waals surface area contributed by atoms with E-state index in [4.69, 9.17) is 9.47 Å². The van der Waals surface area contributed by atoms with Crippen molar-refractivity contribution in [3.05, 3.63) is 53.1 Å². The summed E-state index contributed by atoms with van der Waals surface area (Å²) in [6.07, 6.45) is 7.51. The molecular formula is C19H26N2O2. The van der Waals surface area contributed by atoms with Gasteiger partial charge in [-0.3, -0.25) is 0 Å². The average Bonchev–Trinajstić information content (AvgIpc) is 3.08. The van der Waals surface area contributed by atoms with Gasteiger partial charge in [-0.1, -0.05) is 17.7 Å². The van der Waals surface area contributed by atoms with E-state index in [0.29, 0.717) is 13.2 Å². The van der Waals surface area contributed by atoms with E-state index in [1.54, 1.807) is 6.20 Å². The van der Waals surface area contributed by atoms with Crippen molar-refractivity contribution in [2.45, 2.75) is 59.0 Å². The first-order valence-corrected chi connectivity index (χ1v) is 8.32. The summed E-state index contributed by atoms with van der Waals surface area (Å²) in [5.41, 5.74) is 5.43. The van der Waals surface area contributed by atoms with Crippen molar-refractivity contribution in [2.75, 3.05) is 6.61 Å². The van der Waals surface area contributed by atoms with Crippen LogP contribution in [0.25, 0.3) is 0 Å². The number of aromatic nitrogens is 2. The number of hydrogen-bond donors (Lipinski definition) is 0. The van der Waals surface area contributed by atoms with Crippen LogP contribution in [0.15, 0.2) is 30.9 Å². The molecule has 0 radical (unpaired) electrons. The lowest BCUT2D eigenvalue weighted by Crippen LogP contribution is -2.36. The fourth-order valence-electron chi connectivity index (χ4n) is 3.58. The number of aryl methyl sites for hydroxylation is 3. The molecule has 2 unspecified atom stereocenters. The summed E-state index contributed by atoms with van der Waals surface area (Å²) in [4.78, 5) is 4.12. The topological polar surface area (TPSA) is 36.3 Å². The van der Waals surface area contributed by atoms with Crippen LogP contribution < -0.4 is 0 Å². The molecule has 0 N–H and O–H groups in total. The second-order valence-corrected chi connectivity index (χ2v) is 6.76. The first kappa shape index (κ1) is 16.2. The minimum atomic E-state index is -0.552. The molecule has 1 aliphatic heterocycles. The Labute approximate surface area is 138 Å². The van der Waals surface area contributed by atoms with Gasteiger partial charge < -0.3 is 14.0 Å². The molecule has 0 aliphatic carbocycles. The standard InChI is InChI=1S/C19H26N2O2/c1-14-9-15(2)18(16(3)10-14)5-6-19(22-11-17(4)23-19)12-21-8-7-20-13-21/h7-10,13,17H,5-6,11-12H2,1-4H3. The molecule has 1 aromatic carbocycles. The third kappa shape index (κ3) is 3.65. The monoisotopic (exact) mass is 314 g/mol. The lowest BCUT2D eigenvalue weighted by molar-refractivity contribution is -0.180. The van der Waals surface area contributed by atoms with E-state index in [0.717, 1.165) is 12.8 Å². The maximum Gasteiger partial charge on any atom is 0.187 e. The third-order valence-corrected chi connectivity index (χ3v) is 4.58. The lowest BCUT2D eigenvalue weighted by Gasteiger charge is -2.29. The summed E-state index contributed by atoms with van der Waals surface area (Å²) in [5, 5.41) is 0. The highest BCUT2D eigenvalue weighted by atomic mass is 16.7. The van der Waals surface area contributed by atoms with Gasteiger partial charge in [0.05, 0.1) is 25.6 Å². The van der Waals surface area contributed by atoms with Crippen molar-refractivity contribution in [3.8, 4) is 0 Å².